The van der Waals surface area contributed by atoms with Gasteiger partial charge in [0.1, 0.15) is 5.75 Å². The number of nitrogens with one attached hydrogen (secondary N) is 2. The number of carbonyl (C=O) groups is 1. The third-order valence-electron chi connectivity index (χ3n) is 3.21. The van der Waals surface area contributed by atoms with Crippen molar-refractivity contribution < 1.29 is 18.3 Å². The number of piperidine rings is 1. The predicted molar refractivity (Wildman–Crippen MR) is 72.0 cm³/mol. The number of carbonyl (C=O) groups excluding carboxylic acids is 1. The number of rotatable bonds is 5. The summed E-state index contributed by atoms with van der Waals surface area (Å²) < 4.78 is 28.2. The average molecular weight is 284 g/mol. The van der Waals surface area contributed by atoms with Gasteiger partial charge in [-0.15, -0.1) is 0 Å². The van der Waals surface area contributed by atoms with E-state index in [4.69, 9.17) is 0 Å². The van der Waals surface area contributed by atoms with Crippen LogP contribution in [0.15, 0.2) is 24.3 Å². The van der Waals surface area contributed by atoms with Gasteiger partial charge in [0.15, 0.2) is 0 Å². The number of hydrogen-bond donors (Lipinski definition) is 2. The zero-order valence-electron chi connectivity index (χ0n) is 11.1. The second-order valence-corrected chi connectivity index (χ2v) is 4.80. The molecule has 1 aliphatic rings. The highest BCUT2D eigenvalue weighted by Crippen LogP contribution is 2.18. The maximum atomic E-state index is 12.0. The van der Waals surface area contributed by atoms with E-state index >= 15 is 0 Å². The van der Waals surface area contributed by atoms with Gasteiger partial charge >= 0.3 is 6.61 Å². The van der Waals surface area contributed by atoms with Gasteiger partial charge in [0.05, 0.1) is 0 Å². The Bertz CT molecular complexity index is 431. The van der Waals surface area contributed by atoms with E-state index in [2.05, 4.69) is 15.4 Å². The van der Waals surface area contributed by atoms with E-state index in [0.29, 0.717) is 12.1 Å². The summed E-state index contributed by atoms with van der Waals surface area (Å²) >= 11 is 0. The minimum absolute atomic E-state index is 0.0759. The van der Waals surface area contributed by atoms with Crippen LogP contribution >= 0.6 is 0 Å². The number of hydrogen-bond acceptors (Lipinski definition) is 3. The zero-order chi connectivity index (χ0) is 14.4. The fourth-order valence-electron chi connectivity index (χ4n) is 2.25. The Balaban J connectivity index is 1.81. The van der Waals surface area contributed by atoms with E-state index in [9.17, 15) is 13.6 Å². The Morgan fingerprint density at radius 2 is 2.10 bits per heavy atom. The minimum Gasteiger partial charge on any atom is -0.435 e. The summed E-state index contributed by atoms with van der Waals surface area (Å²) in [6.07, 6.45) is 3.73. The van der Waals surface area contributed by atoms with E-state index in [0.717, 1.165) is 25.8 Å². The molecule has 1 heterocycles. The molecule has 2 rings (SSSR count). The van der Waals surface area contributed by atoms with Crippen molar-refractivity contribution in [3.63, 3.8) is 0 Å². The average Bonchev–Trinajstić information content (AvgIpc) is 2.41. The first-order chi connectivity index (χ1) is 9.63. The molecule has 1 fully saturated rings. The lowest BCUT2D eigenvalue weighted by atomic mass is 10.0. The number of amides is 1. The molecule has 110 valence electrons. The third-order valence-corrected chi connectivity index (χ3v) is 3.21. The molecule has 1 aliphatic heterocycles. The van der Waals surface area contributed by atoms with Gasteiger partial charge in [0, 0.05) is 18.2 Å². The number of benzene rings is 1. The fourth-order valence-corrected chi connectivity index (χ4v) is 2.25. The van der Waals surface area contributed by atoms with Crippen molar-refractivity contribution in [1.82, 2.24) is 5.32 Å². The van der Waals surface area contributed by atoms with E-state index in [-0.39, 0.29) is 17.7 Å². The molecule has 1 unspecified atom stereocenters. The van der Waals surface area contributed by atoms with Gasteiger partial charge in [-0.2, -0.15) is 8.78 Å². The van der Waals surface area contributed by atoms with Crippen molar-refractivity contribution in [3.8, 4) is 5.75 Å². The summed E-state index contributed by atoms with van der Waals surface area (Å²) in [5.41, 5.74) is 0.576. The third kappa shape index (κ3) is 4.77. The molecule has 1 aromatic rings. The lowest BCUT2D eigenvalue weighted by Gasteiger charge is -2.22. The maximum absolute atomic E-state index is 12.0. The quantitative estimate of drug-likeness (QED) is 0.874. The number of halogens is 2. The van der Waals surface area contributed by atoms with Crippen molar-refractivity contribution >= 4 is 11.6 Å². The van der Waals surface area contributed by atoms with Crippen molar-refractivity contribution in [2.24, 2.45) is 0 Å². The molecule has 1 saturated heterocycles. The Kier molecular flexibility index (Phi) is 5.29. The van der Waals surface area contributed by atoms with Gasteiger partial charge in [-0.1, -0.05) is 6.42 Å². The van der Waals surface area contributed by atoms with Crippen LogP contribution in [0.5, 0.6) is 5.75 Å². The molecule has 20 heavy (non-hydrogen) atoms. The molecule has 0 spiro atoms. The molecule has 0 radical (unpaired) electrons. The Morgan fingerprint density at radius 1 is 1.35 bits per heavy atom. The SMILES string of the molecule is O=C(CC1CCCCN1)Nc1ccc(OC(F)F)cc1. The highest BCUT2D eigenvalue weighted by atomic mass is 19.3. The van der Waals surface area contributed by atoms with Crippen LogP contribution in [0.2, 0.25) is 0 Å². The summed E-state index contributed by atoms with van der Waals surface area (Å²) in [4.78, 5) is 11.8. The van der Waals surface area contributed by atoms with Crippen LogP contribution in [0.3, 0.4) is 0 Å². The largest absolute Gasteiger partial charge is 0.435 e. The van der Waals surface area contributed by atoms with Crippen molar-refractivity contribution in [1.29, 1.82) is 0 Å². The molecule has 0 aliphatic carbocycles. The lowest BCUT2D eigenvalue weighted by molar-refractivity contribution is -0.116. The van der Waals surface area contributed by atoms with Gasteiger partial charge in [0.25, 0.3) is 0 Å². The summed E-state index contributed by atoms with van der Waals surface area (Å²) in [7, 11) is 0. The molecule has 0 aromatic heterocycles. The number of anilines is 1. The molecule has 1 atom stereocenters. The highest BCUT2D eigenvalue weighted by Gasteiger charge is 2.16. The van der Waals surface area contributed by atoms with Crippen LogP contribution in [-0.2, 0) is 4.79 Å². The molecule has 1 amide bonds. The summed E-state index contributed by atoms with van der Waals surface area (Å²) in [5, 5.41) is 6.05. The van der Waals surface area contributed by atoms with E-state index in [1.807, 2.05) is 0 Å². The Labute approximate surface area is 116 Å². The molecule has 1 aromatic carbocycles. The topological polar surface area (TPSA) is 50.4 Å². The standard InChI is InChI=1S/C14H18F2N2O2/c15-14(16)20-12-6-4-10(5-7-12)18-13(19)9-11-3-1-2-8-17-11/h4-7,11,14,17H,1-3,8-9H2,(H,18,19). The van der Waals surface area contributed by atoms with Gasteiger partial charge < -0.3 is 15.4 Å². The first-order valence-corrected chi connectivity index (χ1v) is 6.71. The molecular weight excluding hydrogens is 266 g/mol. The van der Waals surface area contributed by atoms with E-state index in [1.54, 1.807) is 12.1 Å². The Morgan fingerprint density at radius 3 is 2.70 bits per heavy atom. The van der Waals surface area contributed by atoms with Gasteiger partial charge in [-0.05, 0) is 43.7 Å². The molecule has 4 nitrogen and oxygen atoms in total. The first kappa shape index (κ1) is 14.7. The minimum atomic E-state index is -2.84. The second kappa shape index (κ2) is 7.19. The van der Waals surface area contributed by atoms with E-state index < -0.39 is 6.61 Å². The van der Waals surface area contributed by atoms with Crippen LogP contribution in [-0.4, -0.2) is 25.1 Å². The number of alkyl halides is 2. The van der Waals surface area contributed by atoms with Crippen molar-refractivity contribution in [2.45, 2.75) is 38.3 Å². The molecule has 0 saturated carbocycles. The van der Waals surface area contributed by atoms with Crippen LogP contribution < -0.4 is 15.4 Å². The van der Waals surface area contributed by atoms with Gasteiger partial charge in [-0.25, -0.2) is 0 Å². The van der Waals surface area contributed by atoms with Crippen LogP contribution in [0.1, 0.15) is 25.7 Å². The van der Waals surface area contributed by atoms with E-state index in [1.165, 1.54) is 12.1 Å². The highest BCUT2D eigenvalue weighted by molar-refractivity contribution is 5.91. The fraction of sp³-hybridized carbons (Fsp3) is 0.500. The summed E-state index contributed by atoms with van der Waals surface area (Å²) in [6.45, 7) is -1.88. The van der Waals surface area contributed by atoms with Gasteiger partial charge in [-0.3, -0.25) is 4.79 Å². The van der Waals surface area contributed by atoms with Crippen molar-refractivity contribution in [3.05, 3.63) is 24.3 Å². The predicted octanol–water partition coefficient (Wildman–Crippen LogP) is 2.76. The smallest absolute Gasteiger partial charge is 0.387 e. The number of ether oxygens (including phenoxy) is 1. The van der Waals surface area contributed by atoms with Gasteiger partial charge in [0.2, 0.25) is 5.91 Å². The van der Waals surface area contributed by atoms with Crippen LogP contribution in [0, 0.1) is 0 Å². The first-order valence-electron chi connectivity index (χ1n) is 6.71. The molecule has 2 N–H and O–H groups in total. The summed E-state index contributed by atoms with van der Waals surface area (Å²) in [5.74, 6) is -0.00104. The zero-order valence-corrected chi connectivity index (χ0v) is 11.1. The normalized spacial score (nSPS) is 18.9. The maximum Gasteiger partial charge on any atom is 0.387 e. The molecule has 6 heteroatoms. The summed E-state index contributed by atoms with van der Waals surface area (Å²) in [6, 6.07) is 6.12. The van der Waals surface area contributed by atoms with Crippen LogP contribution in [0.25, 0.3) is 0 Å². The molecular formula is C14H18F2N2O2. The second-order valence-electron chi connectivity index (χ2n) is 4.80. The molecule has 0 bridgehead atoms. The monoisotopic (exact) mass is 284 g/mol. The Hall–Kier alpha value is -1.69. The lowest BCUT2D eigenvalue weighted by Crippen LogP contribution is -2.36. The van der Waals surface area contributed by atoms with Crippen LogP contribution in [0.4, 0.5) is 14.5 Å². The van der Waals surface area contributed by atoms with Crippen molar-refractivity contribution in [2.75, 3.05) is 11.9 Å².